The van der Waals surface area contributed by atoms with Gasteiger partial charge in [-0.3, -0.25) is 4.79 Å². The van der Waals surface area contributed by atoms with Crippen molar-refractivity contribution in [1.82, 2.24) is 4.90 Å². The number of nitrogens with zero attached hydrogens (tertiary/aromatic N) is 1. The first-order chi connectivity index (χ1) is 9.46. The van der Waals surface area contributed by atoms with Crippen LogP contribution < -0.4 is 10.5 Å². The van der Waals surface area contributed by atoms with E-state index in [0.29, 0.717) is 11.4 Å². The molecule has 0 atom stereocenters. The highest BCUT2D eigenvalue weighted by atomic mass is 32.2. The molecular formula is C15H22N2O2S. The Morgan fingerprint density at radius 3 is 3.00 bits per heavy atom. The molecule has 2 N–H and O–H groups in total. The highest BCUT2D eigenvalue weighted by Crippen LogP contribution is 2.30. The van der Waals surface area contributed by atoms with E-state index in [9.17, 15) is 4.79 Å². The van der Waals surface area contributed by atoms with Crippen molar-refractivity contribution in [3.8, 4) is 5.75 Å². The lowest BCUT2D eigenvalue weighted by atomic mass is 10.1. The first kappa shape index (κ1) is 15.0. The molecule has 1 aliphatic heterocycles. The van der Waals surface area contributed by atoms with Gasteiger partial charge in [0.05, 0.1) is 0 Å². The number of rotatable bonds is 3. The van der Waals surface area contributed by atoms with Crippen molar-refractivity contribution in [2.45, 2.75) is 25.0 Å². The van der Waals surface area contributed by atoms with Gasteiger partial charge in [0.25, 0.3) is 5.91 Å². The number of thioether (sulfide) groups is 1. The van der Waals surface area contributed by atoms with Crippen LogP contribution in [0.25, 0.3) is 0 Å². The van der Waals surface area contributed by atoms with Gasteiger partial charge in [-0.25, -0.2) is 0 Å². The molecule has 1 aromatic rings. The van der Waals surface area contributed by atoms with Crippen LogP contribution in [0, 0.1) is 0 Å². The number of nitrogen functional groups attached to an aromatic ring is 1. The number of hydrogen-bond donors (Lipinski definition) is 1. The third-order valence-corrected chi connectivity index (χ3v) is 4.78. The molecular weight excluding hydrogens is 272 g/mol. The van der Waals surface area contributed by atoms with Crippen LogP contribution in [0.3, 0.4) is 0 Å². The second kappa shape index (κ2) is 6.39. The molecule has 20 heavy (non-hydrogen) atoms. The van der Waals surface area contributed by atoms with Gasteiger partial charge in [0.1, 0.15) is 5.75 Å². The molecule has 0 radical (unpaired) electrons. The van der Waals surface area contributed by atoms with E-state index in [1.807, 2.05) is 28.8 Å². The first-order valence-corrected chi connectivity index (χ1v) is 7.85. The second-order valence-corrected chi connectivity index (χ2v) is 7.40. The molecule has 0 saturated carbocycles. The Labute approximate surface area is 124 Å². The van der Waals surface area contributed by atoms with Crippen LogP contribution in [0.1, 0.15) is 20.3 Å². The lowest BCUT2D eigenvalue weighted by Gasteiger charge is -2.22. The Morgan fingerprint density at radius 2 is 2.25 bits per heavy atom. The van der Waals surface area contributed by atoms with Gasteiger partial charge in [-0.15, -0.1) is 0 Å². The summed E-state index contributed by atoms with van der Waals surface area (Å²) >= 11 is 1.93. The topological polar surface area (TPSA) is 55.6 Å². The number of carbonyl (C=O) groups excluding carboxylic acids is 1. The van der Waals surface area contributed by atoms with Gasteiger partial charge in [0.2, 0.25) is 0 Å². The largest absolute Gasteiger partial charge is 0.484 e. The highest BCUT2D eigenvalue weighted by Gasteiger charge is 2.25. The van der Waals surface area contributed by atoms with E-state index in [0.717, 1.165) is 25.3 Å². The smallest absolute Gasteiger partial charge is 0.260 e. The first-order valence-electron chi connectivity index (χ1n) is 6.86. The molecule has 1 fully saturated rings. The number of carbonyl (C=O) groups is 1. The molecule has 5 heteroatoms. The van der Waals surface area contributed by atoms with Crippen LogP contribution in [0.5, 0.6) is 5.75 Å². The van der Waals surface area contributed by atoms with E-state index in [2.05, 4.69) is 13.8 Å². The van der Waals surface area contributed by atoms with E-state index in [-0.39, 0.29) is 17.3 Å². The molecule has 0 aliphatic carbocycles. The predicted octanol–water partition coefficient (Wildman–Crippen LogP) is 2.39. The molecule has 1 saturated heterocycles. The summed E-state index contributed by atoms with van der Waals surface area (Å²) in [5.74, 6) is 1.67. The van der Waals surface area contributed by atoms with Crippen molar-refractivity contribution in [1.29, 1.82) is 0 Å². The molecule has 0 spiro atoms. The molecule has 4 nitrogen and oxygen atoms in total. The molecule has 0 bridgehead atoms. The molecule has 1 aromatic carbocycles. The Kier molecular flexibility index (Phi) is 4.81. The fraction of sp³-hybridized carbons (Fsp3) is 0.533. The summed E-state index contributed by atoms with van der Waals surface area (Å²) in [5.41, 5.74) is 6.32. The maximum absolute atomic E-state index is 12.2. The van der Waals surface area contributed by atoms with Gasteiger partial charge in [0.15, 0.2) is 6.61 Å². The fourth-order valence-electron chi connectivity index (χ4n) is 2.11. The van der Waals surface area contributed by atoms with Gasteiger partial charge in [-0.1, -0.05) is 19.9 Å². The van der Waals surface area contributed by atoms with Gasteiger partial charge in [-0.2, -0.15) is 11.8 Å². The normalized spacial score (nSPS) is 18.4. The standard InChI is InChI=1S/C15H22N2O2S/c1-15(2)6-7-17(8-9-20-15)14(18)11-19-13-5-3-4-12(16)10-13/h3-5,10H,6-9,11,16H2,1-2H3. The zero-order valence-electron chi connectivity index (χ0n) is 12.1. The van der Waals surface area contributed by atoms with E-state index in [1.165, 1.54) is 0 Å². The number of nitrogens with two attached hydrogens (primary N) is 1. The zero-order chi connectivity index (χ0) is 14.6. The van der Waals surface area contributed by atoms with Crippen molar-refractivity contribution in [3.63, 3.8) is 0 Å². The predicted molar refractivity (Wildman–Crippen MR) is 84.1 cm³/mol. The van der Waals surface area contributed by atoms with E-state index >= 15 is 0 Å². The monoisotopic (exact) mass is 294 g/mol. The molecule has 1 aliphatic rings. The third kappa shape index (κ3) is 4.34. The van der Waals surface area contributed by atoms with Crippen LogP contribution in [0.15, 0.2) is 24.3 Å². The lowest BCUT2D eigenvalue weighted by molar-refractivity contribution is -0.133. The van der Waals surface area contributed by atoms with Gasteiger partial charge >= 0.3 is 0 Å². The van der Waals surface area contributed by atoms with Crippen LogP contribution in [-0.2, 0) is 4.79 Å². The number of anilines is 1. The van der Waals surface area contributed by atoms with Gasteiger partial charge in [-0.05, 0) is 18.6 Å². The zero-order valence-corrected chi connectivity index (χ0v) is 12.9. The average molecular weight is 294 g/mol. The number of ether oxygens (including phenoxy) is 1. The molecule has 0 unspecified atom stereocenters. The number of amides is 1. The minimum Gasteiger partial charge on any atom is -0.484 e. The number of benzene rings is 1. The van der Waals surface area contributed by atoms with Crippen molar-refractivity contribution >= 4 is 23.4 Å². The van der Waals surface area contributed by atoms with Crippen molar-refractivity contribution < 1.29 is 9.53 Å². The maximum Gasteiger partial charge on any atom is 0.260 e. The maximum atomic E-state index is 12.2. The van der Waals surface area contributed by atoms with Gasteiger partial charge in [0, 0.05) is 35.3 Å². The Hall–Kier alpha value is -1.36. The third-order valence-electron chi connectivity index (χ3n) is 3.41. The van der Waals surface area contributed by atoms with Crippen molar-refractivity contribution in [2.24, 2.45) is 0 Å². The summed E-state index contributed by atoms with van der Waals surface area (Å²) in [7, 11) is 0. The average Bonchev–Trinajstić information content (AvgIpc) is 2.57. The lowest BCUT2D eigenvalue weighted by Crippen LogP contribution is -2.37. The van der Waals surface area contributed by atoms with Crippen LogP contribution >= 0.6 is 11.8 Å². The highest BCUT2D eigenvalue weighted by molar-refractivity contribution is 8.00. The van der Waals surface area contributed by atoms with E-state index in [1.54, 1.807) is 12.1 Å². The molecule has 0 aromatic heterocycles. The minimum atomic E-state index is 0.0470. The minimum absolute atomic E-state index is 0.0470. The van der Waals surface area contributed by atoms with E-state index < -0.39 is 0 Å². The fourth-order valence-corrected chi connectivity index (χ4v) is 3.21. The van der Waals surface area contributed by atoms with Crippen molar-refractivity contribution in [3.05, 3.63) is 24.3 Å². The van der Waals surface area contributed by atoms with Crippen LogP contribution in [-0.4, -0.2) is 41.0 Å². The molecule has 2 rings (SSSR count). The molecule has 110 valence electrons. The Balaban J connectivity index is 1.85. The van der Waals surface area contributed by atoms with Crippen molar-refractivity contribution in [2.75, 3.05) is 31.2 Å². The SMILES string of the molecule is CC1(C)CCN(C(=O)COc2cccc(N)c2)CCS1. The van der Waals surface area contributed by atoms with E-state index in [4.69, 9.17) is 10.5 Å². The van der Waals surface area contributed by atoms with Crippen LogP contribution in [0.2, 0.25) is 0 Å². The molecule has 1 heterocycles. The van der Waals surface area contributed by atoms with Gasteiger partial charge < -0.3 is 15.4 Å². The summed E-state index contributed by atoms with van der Waals surface area (Å²) in [6.07, 6.45) is 1.02. The van der Waals surface area contributed by atoms with Crippen LogP contribution in [0.4, 0.5) is 5.69 Å². The summed E-state index contributed by atoms with van der Waals surface area (Å²) in [4.78, 5) is 14.1. The second-order valence-electron chi connectivity index (χ2n) is 5.60. The molecule has 1 amide bonds. The summed E-state index contributed by atoms with van der Waals surface area (Å²) in [6, 6.07) is 7.16. The Morgan fingerprint density at radius 1 is 1.45 bits per heavy atom. The summed E-state index contributed by atoms with van der Waals surface area (Å²) in [5, 5.41) is 0. The summed E-state index contributed by atoms with van der Waals surface area (Å²) < 4.78 is 5.77. The quantitative estimate of drug-likeness (QED) is 0.870. The number of hydrogen-bond acceptors (Lipinski definition) is 4. The summed E-state index contributed by atoms with van der Waals surface area (Å²) in [6.45, 7) is 6.14. The Bertz CT molecular complexity index is 477.